The van der Waals surface area contributed by atoms with Crippen LogP contribution in [0.15, 0.2) is 22.7 Å². The van der Waals surface area contributed by atoms with Gasteiger partial charge in [0.1, 0.15) is 0 Å². The molecule has 0 aliphatic carbocycles. The zero-order valence-electron chi connectivity index (χ0n) is 10.0. The van der Waals surface area contributed by atoms with Crippen LogP contribution >= 0.6 is 27.5 Å². The largest absolute Gasteiger partial charge is 0.310 e. The molecule has 2 atom stereocenters. The van der Waals surface area contributed by atoms with Gasteiger partial charge in [-0.3, -0.25) is 4.21 Å². The molecule has 0 saturated carbocycles. The first kappa shape index (κ1) is 15.2. The molecular formula is C12H17BrClNOS. The third-order valence-corrected chi connectivity index (χ3v) is 4.15. The van der Waals surface area contributed by atoms with Gasteiger partial charge in [-0.1, -0.05) is 33.6 Å². The van der Waals surface area contributed by atoms with Crippen LogP contribution in [0.3, 0.4) is 0 Å². The van der Waals surface area contributed by atoms with Crippen molar-refractivity contribution in [3.05, 3.63) is 33.3 Å². The second-order valence-corrected chi connectivity index (χ2v) is 6.96. The van der Waals surface area contributed by atoms with Gasteiger partial charge >= 0.3 is 0 Å². The molecule has 1 rings (SSSR count). The van der Waals surface area contributed by atoms with Gasteiger partial charge in [-0.2, -0.15) is 0 Å². The number of benzene rings is 1. The van der Waals surface area contributed by atoms with Crippen molar-refractivity contribution in [2.75, 3.05) is 12.0 Å². The van der Waals surface area contributed by atoms with E-state index in [2.05, 4.69) is 28.2 Å². The molecule has 2 nitrogen and oxygen atoms in total. The molecule has 0 radical (unpaired) electrons. The zero-order valence-corrected chi connectivity index (χ0v) is 13.2. The van der Waals surface area contributed by atoms with Crippen LogP contribution in [-0.4, -0.2) is 22.3 Å². The predicted molar refractivity (Wildman–Crippen MR) is 79.0 cm³/mol. The number of rotatable bonds is 6. The van der Waals surface area contributed by atoms with E-state index in [1.54, 1.807) is 6.26 Å². The molecule has 96 valence electrons. The van der Waals surface area contributed by atoms with E-state index in [0.717, 1.165) is 33.8 Å². The number of halogens is 2. The molecular weight excluding hydrogens is 322 g/mol. The van der Waals surface area contributed by atoms with Gasteiger partial charge in [0, 0.05) is 44.9 Å². The highest BCUT2D eigenvalue weighted by molar-refractivity contribution is 9.10. The van der Waals surface area contributed by atoms with Gasteiger partial charge in [-0.05, 0) is 31.0 Å². The summed E-state index contributed by atoms with van der Waals surface area (Å²) < 4.78 is 12.0. The molecule has 0 spiro atoms. The average molecular weight is 339 g/mol. The number of hydrogen-bond acceptors (Lipinski definition) is 2. The second-order valence-electron chi connectivity index (χ2n) is 4.08. The maximum atomic E-state index is 11.0. The van der Waals surface area contributed by atoms with Gasteiger partial charge in [0.2, 0.25) is 0 Å². The summed E-state index contributed by atoms with van der Waals surface area (Å²) in [5.41, 5.74) is 1.08. The molecule has 1 aromatic carbocycles. The lowest BCUT2D eigenvalue weighted by atomic mass is 10.2. The molecule has 0 heterocycles. The summed E-state index contributed by atoms with van der Waals surface area (Å²) in [4.78, 5) is 0. The Balaban J connectivity index is 2.41. The van der Waals surface area contributed by atoms with Crippen molar-refractivity contribution < 1.29 is 4.21 Å². The Morgan fingerprint density at radius 2 is 2.24 bits per heavy atom. The first-order valence-corrected chi connectivity index (χ1v) is 8.36. The molecule has 0 fully saturated rings. The Bertz CT molecular complexity index is 400. The molecule has 2 unspecified atom stereocenters. The highest BCUT2D eigenvalue weighted by Gasteiger charge is 2.05. The molecule has 1 aromatic rings. The van der Waals surface area contributed by atoms with Crippen molar-refractivity contribution in [1.82, 2.24) is 5.32 Å². The van der Waals surface area contributed by atoms with Crippen LogP contribution in [0.5, 0.6) is 0 Å². The minimum atomic E-state index is -0.714. The molecule has 0 aliphatic rings. The summed E-state index contributed by atoms with van der Waals surface area (Å²) in [6, 6.07) is 6.22. The zero-order chi connectivity index (χ0) is 12.8. The second kappa shape index (κ2) is 7.52. The summed E-state index contributed by atoms with van der Waals surface area (Å²) >= 11 is 9.50. The van der Waals surface area contributed by atoms with Crippen LogP contribution in [0.25, 0.3) is 0 Å². The molecule has 0 bridgehead atoms. The van der Waals surface area contributed by atoms with Crippen molar-refractivity contribution in [2.24, 2.45) is 0 Å². The molecule has 1 N–H and O–H groups in total. The SMILES string of the molecule is CC(CCS(C)=O)NCc1ccc(Br)cc1Cl. The highest BCUT2D eigenvalue weighted by atomic mass is 79.9. The lowest BCUT2D eigenvalue weighted by Crippen LogP contribution is -2.27. The minimum Gasteiger partial charge on any atom is -0.310 e. The van der Waals surface area contributed by atoms with E-state index < -0.39 is 10.8 Å². The fourth-order valence-corrected chi connectivity index (χ4v) is 2.82. The van der Waals surface area contributed by atoms with E-state index >= 15 is 0 Å². The van der Waals surface area contributed by atoms with Crippen LogP contribution < -0.4 is 5.32 Å². The molecule has 5 heteroatoms. The quantitative estimate of drug-likeness (QED) is 0.862. The van der Waals surface area contributed by atoms with Crippen LogP contribution in [0, 0.1) is 0 Å². The Morgan fingerprint density at radius 1 is 1.53 bits per heavy atom. The maximum absolute atomic E-state index is 11.0. The Morgan fingerprint density at radius 3 is 2.82 bits per heavy atom. The van der Waals surface area contributed by atoms with E-state index in [4.69, 9.17) is 11.6 Å². The third-order valence-electron chi connectivity index (χ3n) is 2.49. The first-order chi connectivity index (χ1) is 7.99. The monoisotopic (exact) mass is 337 g/mol. The Labute approximate surface area is 119 Å². The standard InChI is InChI=1S/C12H17BrClNOS/c1-9(5-6-17(2)16)15-8-10-3-4-11(13)7-12(10)14/h3-4,7,9,15H,5-6,8H2,1-2H3. The van der Waals surface area contributed by atoms with Gasteiger partial charge in [0.25, 0.3) is 0 Å². The third kappa shape index (κ3) is 6.00. The first-order valence-electron chi connectivity index (χ1n) is 5.46. The molecule has 17 heavy (non-hydrogen) atoms. The van der Waals surface area contributed by atoms with Crippen LogP contribution in [0.1, 0.15) is 18.9 Å². The van der Waals surface area contributed by atoms with Gasteiger partial charge in [0.15, 0.2) is 0 Å². The summed E-state index contributed by atoms with van der Waals surface area (Å²) in [7, 11) is -0.714. The Kier molecular flexibility index (Phi) is 6.70. The highest BCUT2D eigenvalue weighted by Crippen LogP contribution is 2.21. The van der Waals surface area contributed by atoms with Crippen molar-refractivity contribution >= 4 is 38.3 Å². The summed E-state index contributed by atoms with van der Waals surface area (Å²) in [5, 5.41) is 4.14. The fourth-order valence-electron chi connectivity index (χ4n) is 1.39. The summed E-state index contributed by atoms with van der Waals surface area (Å²) in [6.45, 7) is 2.84. The van der Waals surface area contributed by atoms with E-state index in [1.165, 1.54) is 0 Å². The maximum Gasteiger partial charge on any atom is 0.0462 e. The lowest BCUT2D eigenvalue weighted by Gasteiger charge is -2.13. The van der Waals surface area contributed by atoms with E-state index in [0.29, 0.717) is 6.04 Å². The smallest absolute Gasteiger partial charge is 0.0462 e. The van der Waals surface area contributed by atoms with Crippen LogP contribution in [0.2, 0.25) is 5.02 Å². The lowest BCUT2D eigenvalue weighted by molar-refractivity contribution is 0.535. The van der Waals surface area contributed by atoms with Gasteiger partial charge in [-0.15, -0.1) is 0 Å². The normalized spacial score (nSPS) is 14.6. The van der Waals surface area contributed by atoms with Crippen molar-refractivity contribution in [2.45, 2.75) is 25.9 Å². The van der Waals surface area contributed by atoms with Crippen LogP contribution in [0.4, 0.5) is 0 Å². The average Bonchev–Trinajstić information content (AvgIpc) is 2.25. The molecule has 0 amide bonds. The molecule has 0 aromatic heterocycles. The topological polar surface area (TPSA) is 29.1 Å². The van der Waals surface area contributed by atoms with E-state index in [9.17, 15) is 4.21 Å². The van der Waals surface area contributed by atoms with E-state index in [1.807, 2.05) is 18.2 Å². The van der Waals surface area contributed by atoms with Gasteiger partial charge in [0.05, 0.1) is 0 Å². The summed E-state index contributed by atoms with van der Waals surface area (Å²) in [6.07, 6.45) is 2.65. The van der Waals surface area contributed by atoms with E-state index in [-0.39, 0.29) is 0 Å². The Hall–Kier alpha value is 0.1000. The predicted octanol–water partition coefficient (Wildman–Crippen LogP) is 3.35. The van der Waals surface area contributed by atoms with Crippen molar-refractivity contribution in [3.63, 3.8) is 0 Å². The van der Waals surface area contributed by atoms with Crippen molar-refractivity contribution in [3.8, 4) is 0 Å². The van der Waals surface area contributed by atoms with Crippen LogP contribution in [-0.2, 0) is 17.3 Å². The van der Waals surface area contributed by atoms with Crippen molar-refractivity contribution in [1.29, 1.82) is 0 Å². The number of hydrogen-bond donors (Lipinski definition) is 1. The molecule has 0 saturated heterocycles. The summed E-state index contributed by atoms with van der Waals surface area (Å²) in [5.74, 6) is 0.738. The fraction of sp³-hybridized carbons (Fsp3) is 0.500. The minimum absolute atomic E-state index is 0.346. The number of nitrogens with one attached hydrogen (secondary N) is 1. The van der Waals surface area contributed by atoms with Gasteiger partial charge < -0.3 is 5.32 Å². The van der Waals surface area contributed by atoms with Gasteiger partial charge in [-0.25, -0.2) is 0 Å². The molecule has 0 aliphatic heterocycles.